The molecule has 0 radical (unpaired) electrons. The Labute approximate surface area is 138 Å². The maximum Gasteiger partial charge on any atom is 0.407 e. The van der Waals surface area contributed by atoms with Crippen LogP contribution in [-0.2, 0) is 4.74 Å². The molecule has 0 bridgehead atoms. The van der Waals surface area contributed by atoms with Crippen LogP contribution in [0.4, 0.5) is 4.79 Å². The van der Waals surface area contributed by atoms with Gasteiger partial charge in [0.05, 0.1) is 10.4 Å². The van der Waals surface area contributed by atoms with Crippen LogP contribution in [0.15, 0.2) is 24.3 Å². The van der Waals surface area contributed by atoms with Crippen LogP contribution < -0.4 is 5.32 Å². The third kappa shape index (κ3) is 2.57. The Morgan fingerprint density at radius 1 is 1.30 bits per heavy atom. The van der Waals surface area contributed by atoms with Crippen molar-refractivity contribution in [3.05, 3.63) is 34.7 Å². The molecule has 0 saturated carbocycles. The monoisotopic (exact) mass is 330 g/mol. The Bertz CT molecular complexity index is 790. The Kier molecular flexibility index (Phi) is 3.30. The van der Waals surface area contributed by atoms with Crippen LogP contribution in [0.1, 0.15) is 28.1 Å². The molecular formula is C17H18N2O3S. The lowest BCUT2D eigenvalue weighted by molar-refractivity contribution is 0.0648. The molecule has 2 amide bonds. The zero-order valence-electron chi connectivity index (χ0n) is 12.9. The van der Waals surface area contributed by atoms with E-state index in [0.29, 0.717) is 19.7 Å². The van der Waals surface area contributed by atoms with Crippen molar-refractivity contribution in [1.82, 2.24) is 10.2 Å². The molecule has 0 atom stereocenters. The first-order chi connectivity index (χ1) is 11.0. The quantitative estimate of drug-likeness (QED) is 0.874. The molecule has 1 aromatic carbocycles. The van der Waals surface area contributed by atoms with Crippen LogP contribution in [0.25, 0.3) is 10.1 Å². The number of likely N-dealkylation sites (tertiary alicyclic amines) is 1. The fraction of sp³-hybridized carbons (Fsp3) is 0.412. The predicted molar refractivity (Wildman–Crippen MR) is 88.9 cm³/mol. The van der Waals surface area contributed by atoms with Crippen molar-refractivity contribution in [2.24, 2.45) is 0 Å². The summed E-state index contributed by atoms with van der Waals surface area (Å²) in [5, 5.41) is 4.03. The fourth-order valence-electron chi connectivity index (χ4n) is 3.32. The van der Waals surface area contributed by atoms with Gasteiger partial charge in [-0.3, -0.25) is 4.79 Å². The first kappa shape index (κ1) is 14.5. The van der Waals surface area contributed by atoms with Gasteiger partial charge in [0.2, 0.25) is 0 Å². The number of hydrogen-bond acceptors (Lipinski definition) is 4. The van der Waals surface area contributed by atoms with E-state index in [4.69, 9.17) is 4.74 Å². The summed E-state index contributed by atoms with van der Waals surface area (Å²) in [6.45, 7) is 3.77. The summed E-state index contributed by atoms with van der Waals surface area (Å²) < 4.78 is 6.17. The van der Waals surface area contributed by atoms with E-state index in [1.54, 1.807) is 11.3 Å². The normalized spacial score (nSPS) is 19.9. The van der Waals surface area contributed by atoms with Crippen molar-refractivity contribution in [2.75, 3.05) is 19.7 Å². The largest absolute Gasteiger partial charge is 0.447 e. The third-order valence-corrected chi connectivity index (χ3v) is 5.84. The van der Waals surface area contributed by atoms with E-state index >= 15 is 0 Å². The first-order valence-electron chi connectivity index (χ1n) is 7.79. The second-order valence-electron chi connectivity index (χ2n) is 6.43. The summed E-state index contributed by atoms with van der Waals surface area (Å²) in [5.41, 5.74) is 0.927. The van der Waals surface area contributed by atoms with Gasteiger partial charge in [-0.15, -0.1) is 11.3 Å². The van der Waals surface area contributed by atoms with Crippen molar-refractivity contribution >= 4 is 33.4 Å². The summed E-state index contributed by atoms with van der Waals surface area (Å²) in [6.07, 6.45) is 1.15. The van der Waals surface area contributed by atoms with E-state index < -0.39 is 0 Å². The van der Waals surface area contributed by atoms with Gasteiger partial charge in [0, 0.05) is 17.8 Å². The number of alkyl carbamates (subject to hydrolysis) is 1. The van der Waals surface area contributed by atoms with Gasteiger partial charge in [0.25, 0.3) is 5.91 Å². The van der Waals surface area contributed by atoms with E-state index in [-0.39, 0.29) is 17.5 Å². The molecule has 3 heterocycles. The molecule has 2 aromatic rings. The zero-order valence-corrected chi connectivity index (χ0v) is 13.7. The molecular weight excluding hydrogens is 312 g/mol. The predicted octanol–water partition coefficient (Wildman–Crippen LogP) is 2.92. The molecule has 2 aliphatic heterocycles. The molecule has 0 unspecified atom stereocenters. The molecule has 0 aliphatic carbocycles. The smallest absolute Gasteiger partial charge is 0.407 e. The molecule has 4 rings (SSSR count). The van der Waals surface area contributed by atoms with E-state index in [2.05, 4.69) is 30.4 Å². The first-order valence-corrected chi connectivity index (χ1v) is 8.61. The number of amides is 2. The Hall–Kier alpha value is -2.08. The van der Waals surface area contributed by atoms with Gasteiger partial charge in [-0.2, -0.15) is 0 Å². The van der Waals surface area contributed by atoms with Crippen LogP contribution >= 0.6 is 11.3 Å². The number of benzene rings is 1. The molecule has 2 saturated heterocycles. The van der Waals surface area contributed by atoms with Crippen molar-refractivity contribution < 1.29 is 14.3 Å². The number of piperidine rings is 1. The molecule has 1 N–H and O–H groups in total. The van der Waals surface area contributed by atoms with Crippen molar-refractivity contribution in [3.8, 4) is 0 Å². The lowest BCUT2D eigenvalue weighted by atomic mass is 9.89. The second-order valence-corrected chi connectivity index (χ2v) is 7.51. The summed E-state index contributed by atoms with van der Waals surface area (Å²) >= 11 is 1.55. The molecule has 2 aliphatic rings. The minimum absolute atomic E-state index is 0.0870. The van der Waals surface area contributed by atoms with Crippen LogP contribution in [-0.4, -0.2) is 42.1 Å². The Balaban J connectivity index is 1.50. The highest BCUT2D eigenvalue weighted by Crippen LogP contribution is 2.30. The van der Waals surface area contributed by atoms with Gasteiger partial charge < -0.3 is 15.0 Å². The average Bonchev–Trinajstić information content (AvgIpc) is 3.11. The molecule has 2 fully saturated rings. The maximum atomic E-state index is 12.7. The van der Waals surface area contributed by atoms with Gasteiger partial charge in [0.15, 0.2) is 0 Å². The van der Waals surface area contributed by atoms with Crippen LogP contribution in [0, 0.1) is 6.92 Å². The lowest BCUT2D eigenvalue weighted by Crippen LogP contribution is -2.53. The Morgan fingerprint density at radius 2 is 2.09 bits per heavy atom. The number of cyclic esters (lactones) is 1. The van der Waals surface area contributed by atoms with Crippen LogP contribution in [0.5, 0.6) is 0 Å². The zero-order chi connectivity index (χ0) is 16.0. The molecule has 120 valence electrons. The number of nitrogens with one attached hydrogen (secondary N) is 1. The molecule has 1 aromatic heterocycles. The highest BCUT2D eigenvalue weighted by atomic mass is 32.1. The summed E-state index contributed by atoms with van der Waals surface area (Å²) in [6, 6.07) is 8.24. The minimum atomic E-state index is -0.343. The molecule has 1 spiro atoms. The molecule has 6 heteroatoms. The van der Waals surface area contributed by atoms with Gasteiger partial charge in [-0.25, -0.2) is 4.79 Å². The SMILES string of the molecule is Cc1ccc2sc(C(=O)N3CCC4(CC3)COC(=O)N4)cc2c1. The lowest BCUT2D eigenvalue weighted by Gasteiger charge is -2.37. The minimum Gasteiger partial charge on any atom is -0.447 e. The van der Waals surface area contributed by atoms with E-state index in [9.17, 15) is 9.59 Å². The van der Waals surface area contributed by atoms with Crippen molar-refractivity contribution in [1.29, 1.82) is 0 Å². The van der Waals surface area contributed by atoms with Crippen molar-refractivity contribution in [2.45, 2.75) is 25.3 Å². The number of carbonyl (C=O) groups excluding carboxylic acids is 2. The second kappa shape index (κ2) is 5.23. The summed E-state index contributed by atoms with van der Waals surface area (Å²) in [5.74, 6) is 0.0870. The van der Waals surface area contributed by atoms with Gasteiger partial charge in [-0.05, 0) is 37.3 Å². The van der Waals surface area contributed by atoms with Crippen molar-refractivity contribution in [3.63, 3.8) is 0 Å². The van der Waals surface area contributed by atoms with Gasteiger partial charge in [0.1, 0.15) is 6.61 Å². The van der Waals surface area contributed by atoms with Crippen LogP contribution in [0.2, 0.25) is 0 Å². The van der Waals surface area contributed by atoms with Gasteiger partial charge in [-0.1, -0.05) is 17.7 Å². The van der Waals surface area contributed by atoms with E-state index in [0.717, 1.165) is 27.8 Å². The number of rotatable bonds is 1. The highest BCUT2D eigenvalue weighted by Gasteiger charge is 2.42. The number of carbonyl (C=O) groups is 2. The molecule has 23 heavy (non-hydrogen) atoms. The number of thiophene rings is 1. The molecule has 5 nitrogen and oxygen atoms in total. The van der Waals surface area contributed by atoms with Gasteiger partial charge >= 0.3 is 6.09 Å². The number of aryl methyl sites for hydroxylation is 1. The number of fused-ring (bicyclic) bond motifs is 1. The van der Waals surface area contributed by atoms with E-state index in [1.165, 1.54) is 5.56 Å². The number of nitrogens with zero attached hydrogens (tertiary/aromatic N) is 1. The standard InChI is InChI=1S/C17H18N2O3S/c1-11-2-3-13-12(8-11)9-14(23-13)15(20)19-6-4-17(5-7-19)10-22-16(21)18-17/h2-3,8-9H,4-7,10H2,1H3,(H,18,21). The Morgan fingerprint density at radius 3 is 2.78 bits per heavy atom. The third-order valence-electron chi connectivity index (χ3n) is 4.74. The summed E-state index contributed by atoms with van der Waals surface area (Å²) in [7, 11) is 0. The van der Waals surface area contributed by atoms with E-state index in [1.807, 2.05) is 11.0 Å². The number of ether oxygens (including phenoxy) is 1. The highest BCUT2D eigenvalue weighted by molar-refractivity contribution is 7.20. The number of hydrogen-bond donors (Lipinski definition) is 1. The average molecular weight is 330 g/mol. The maximum absolute atomic E-state index is 12.7. The topological polar surface area (TPSA) is 58.6 Å². The fourth-order valence-corrected chi connectivity index (χ4v) is 4.33. The summed E-state index contributed by atoms with van der Waals surface area (Å²) in [4.78, 5) is 26.7. The van der Waals surface area contributed by atoms with Crippen LogP contribution in [0.3, 0.4) is 0 Å².